The van der Waals surface area contributed by atoms with Crippen molar-refractivity contribution in [3.05, 3.63) is 38.4 Å². The highest BCUT2D eigenvalue weighted by atomic mass is 79.9. The molecule has 0 fully saturated rings. The molecule has 0 radical (unpaired) electrons. The van der Waals surface area contributed by atoms with Crippen LogP contribution in [0.5, 0.6) is 0 Å². The summed E-state index contributed by atoms with van der Waals surface area (Å²) < 4.78 is 0.872. The lowest BCUT2D eigenvalue weighted by molar-refractivity contribution is 0.810. The van der Waals surface area contributed by atoms with Gasteiger partial charge in [-0.25, -0.2) is 9.97 Å². The maximum Gasteiger partial charge on any atom is 0.163 e. The lowest BCUT2D eigenvalue weighted by Crippen LogP contribution is -2.04. The second kappa shape index (κ2) is 6.29. The van der Waals surface area contributed by atoms with E-state index in [-0.39, 0.29) is 5.92 Å². The molecule has 0 aliphatic heterocycles. The molecule has 0 saturated heterocycles. The van der Waals surface area contributed by atoms with Crippen LogP contribution >= 0.6 is 39.1 Å². The molecule has 0 spiro atoms. The Morgan fingerprint density at radius 2 is 1.90 bits per heavy atom. The van der Waals surface area contributed by atoms with Gasteiger partial charge in [-0.05, 0) is 34.0 Å². The highest BCUT2D eigenvalue weighted by molar-refractivity contribution is 9.10. The first kappa shape index (κ1) is 15.5. The zero-order chi connectivity index (χ0) is 14.9. The number of rotatable bonds is 3. The van der Waals surface area contributed by atoms with E-state index in [1.165, 1.54) is 0 Å². The van der Waals surface area contributed by atoms with Gasteiger partial charge in [0.1, 0.15) is 5.82 Å². The molecule has 1 aromatic heterocycles. The van der Waals surface area contributed by atoms with Crippen molar-refractivity contribution in [2.45, 2.75) is 19.8 Å². The van der Waals surface area contributed by atoms with Crippen molar-refractivity contribution in [2.75, 3.05) is 12.4 Å². The van der Waals surface area contributed by atoms with Crippen molar-refractivity contribution in [3.63, 3.8) is 0 Å². The summed E-state index contributed by atoms with van der Waals surface area (Å²) in [7, 11) is 1.82. The highest BCUT2D eigenvalue weighted by Gasteiger charge is 2.17. The van der Waals surface area contributed by atoms with E-state index >= 15 is 0 Å². The van der Waals surface area contributed by atoms with E-state index in [4.69, 9.17) is 23.2 Å². The summed E-state index contributed by atoms with van der Waals surface area (Å²) in [4.78, 5) is 9.11. The maximum atomic E-state index is 6.25. The average molecular weight is 375 g/mol. The van der Waals surface area contributed by atoms with Gasteiger partial charge in [0.2, 0.25) is 0 Å². The molecule has 0 aliphatic rings. The molecule has 0 bridgehead atoms. The van der Waals surface area contributed by atoms with Crippen LogP contribution in [0.4, 0.5) is 5.82 Å². The number of benzene rings is 1. The van der Waals surface area contributed by atoms with Gasteiger partial charge in [0.25, 0.3) is 0 Å². The fourth-order valence-corrected chi connectivity index (χ4v) is 3.03. The minimum atomic E-state index is 0.260. The Kier molecular flexibility index (Phi) is 4.89. The zero-order valence-corrected chi connectivity index (χ0v) is 14.4. The van der Waals surface area contributed by atoms with Gasteiger partial charge < -0.3 is 5.32 Å². The van der Waals surface area contributed by atoms with Gasteiger partial charge in [0, 0.05) is 12.6 Å². The topological polar surface area (TPSA) is 37.8 Å². The maximum absolute atomic E-state index is 6.25. The third-order valence-electron chi connectivity index (χ3n) is 2.85. The summed E-state index contributed by atoms with van der Waals surface area (Å²) in [5, 5.41) is 4.02. The molecule has 0 aliphatic carbocycles. The van der Waals surface area contributed by atoms with Gasteiger partial charge in [0.05, 0.1) is 20.2 Å². The fourth-order valence-electron chi connectivity index (χ4n) is 1.81. The van der Waals surface area contributed by atoms with Crippen molar-refractivity contribution < 1.29 is 0 Å². The third kappa shape index (κ3) is 2.92. The molecular formula is C14H14BrCl2N3. The number of hydrogen-bond donors (Lipinski definition) is 1. The van der Waals surface area contributed by atoms with Gasteiger partial charge in [-0.3, -0.25) is 0 Å². The Balaban J connectivity index is 2.68. The normalized spacial score (nSPS) is 10.9. The summed E-state index contributed by atoms with van der Waals surface area (Å²) >= 11 is 15.8. The van der Waals surface area contributed by atoms with Crippen LogP contribution in [0.15, 0.2) is 22.7 Å². The Labute approximate surface area is 136 Å². The summed E-state index contributed by atoms with van der Waals surface area (Å²) in [6.45, 7) is 4.16. The largest absolute Gasteiger partial charge is 0.372 e. The summed E-state index contributed by atoms with van der Waals surface area (Å²) in [5.41, 5.74) is 1.65. The molecular weight excluding hydrogens is 361 g/mol. The summed E-state index contributed by atoms with van der Waals surface area (Å²) in [6, 6.07) is 5.44. The van der Waals surface area contributed by atoms with E-state index < -0.39 is 0 Å². The van der Waals surface area contributed by atoms with Crippen molar-refractivity contribution in [1.29, 1.82) is 0 Å². The Morgan fingerprint density at radius 1 is 1.20 bits per heavy atom. The minimum absolute atomic E-state index is 0.260. The molecule has 1 heterocycles. The van der Waals surface area contributed by atoms with E-state index in [0.29, 0.717) is 15.9 Å². The SMILES string of the molecule is CNc1nc(-c2cccc(Cl)c2Cl)nc(C(C)C)c1Br. The highest BCUT2D eigenvalue weighted by Crippen LogP contribution is 2.35. The molecule has 0 amide bonds. The van der Waals surface area contributed by atoms with E-state index in [1.807, 2.05) is 19.2 Å². The molecule has 0 atom stereocenters. The van der Waals surface area contributed by atoms with Crippen molar-refractivity contribution in [2.24, 2.45) is 0 Å². The number of halogens is 3. The molecule has 20 heavy (non-hydrogen) atoms. The first-order chi connectivity index (χ1) is 9.45. The number of nitrogens with zero attached hydrogens (tertiary/aromatic N) is 2. The lowest BCUT2D eigenvalue weighted by Gasteiger charge is -2.14. The first-order valence-electron chi connectivity index (χ1n) is 6.15. The smallest absolute Gasteiger partial charge is 0.163 e. The Morgan fingerprint density at radius 3 is 2.50 bits per heavy atom. The summed E-state index contributed by atoms with van der Waals surface area (Å²) in [5.74, 6) is 1.56. The quantitative estimate of drug-likeness (QED) is 0.783. The van der Waals surface area contributed by atoms with Gasteiger partial charge in [-0.1, -0.05) is 43.1 Å². The summed E-state index contributed by atoms with van der Waals surface area (Å²) in [6.07, 6.45) is 0. The van der Waals surface area contributed by atoms with Gasteiger partial charge >= 0.3 is 0 Å². The van der Waals surface area contributed by atoms with Gasteiger partial charge in [0.15, 0.2) is 5.82 Å². The molecule has 2 aromatic rings. The van der Waals surface area contributed by atoms with Crippen LogP contribution in [-0.2, 0) is 0 Å². The van der Waals surface area contributed by atoms with Crippen molar-refractivity contribution >= 4 is 44.9 Å². The third-order valence-corrected chi connectivity index (χ3v) is 4.45. The molecule has 2 rings (SSSR count). The van der Waals surface area contributed by atoms with Crippen molar-refractivity contribution in [3.8, 4) is 11.4 Å². The van der Waals surface area contributed by atoms with Crippen LogP contribution in [-0.4, -0.2) is 17.0 Å². The second-order valence-electron chi connectivity index (χ2n) is 4.60. The molecule has 3 nitrogen and oxygen atoms in total. The predicted molar refractivity (Wildman–Crippen MR) is 88.8 cm³/mol. The monoisotopic (exact) mass is 373 g/mol. The number of nitrogens with one attached hydrogen (secondary N) is 1. The van der Waals surface area contributed by atoms with E-state index in [9.17, 15) is 0 Å². The zero-order valence-electron chi connectivity index (χ0n) is 11.3. The van der Waals surface area contributed by atoms with E-state index in [1.54, 1.807) is 6.07 Å². The Bertz CT molecular complexity index is 645. The lowest BCUT2D eigenvalue weighted by atomic mass is 10.1. The predicted octanol–water partition coefficient (Wildman–Crippen LogP) is 5.38. The van der Waals surface area contributed by atoms with Crippen LogP contribution in [0.1, 0.15) is 25.5 Å². The number of aromatic nitrogens is 2. The number of anilines is 1. The van der Waals surface area contributed by atoms with E-state index in [0.717, 1.165) is 21.5 Å². The number of hydrogen-bond acceptors (Lipinski definition) is 3. The van der Waals surface area contributed by atoms with Crippen LogP contribution in [0.25, 0.3) is 11.4 Å². The average Bonchev–Trinajstić information content (AvgIpc) is 2.42. The Hall–Kier alpha value is -0.840. The fraction of sp³-hybridized carbons (Fsp3) is 0.286. The molecule has 6 heteroatoms. The molecule has 1 N–H and O–H groups in total. The van der Waals surface area contributed by atoms with Crippen LogP contribution in [0.3, 0.4) is 0 Å². The molecule has 0 unspecified atom stereocenters. The van der Waals surface area contributed by atoms with E-state index in [2.05, 4.69) is 45.1 Å². The molecule has 0 saturated carbocycles. The molecule has 106 valence electrons. The van der Waals surface area contributed by atoms with Crippen LogP contribution in [0, 0.1) is 0 Å². The standard InChI is InChI=1S/C14H14BrCl2N3/c1-7(2)12-10(15)14(18-3)20-13(19-12)8-5-4-6-9(16)11(8)17/h4-7H,1-3H3,(H,18,19,20). The first-order valence-corrected chi connectivity index (χ1v) is 7.70. The van der Waals surface area contributed by atoms with Crippen LogP contribution in [0.2, 0.25) is 10.0 Å². The van der Waals surface area contributed by atoms with Gasteiger partial charge in [-0.15, -0.1) is 0 Å². The minimum Gasteiger partial charge on any atom is -0.372 e. The molecule has 1 aromatic carbocycles. The van der Waals surface area contributed by atoms with Crippen molar-refractivity contribution in [1.82, 2.24) is 9.97 Å². The van der Waals surface area contributed by atoms with Gasteiger partial charge in [-0.2, -0.15) is 0 Å². The van der Waals surface area contributed by atoms with Crippen LogP contribution < -0.4 is 5.32 Å². The second-order valence-corrected chi connectivity index (χ2v) is 6.18.